The van der Waals surface area contributed by atoms with Crippen LogP contribution in [0.25, 0.3) is 0 Å². The van der Waals surface area contributed by atoms with Gasteiger partial charge in [-0.3, -0.25) is 14.6 Å². The Morgan fingerprint density at radius 2 is 2.00 bits per heavy atom. The van der Waals surface area contributed by atoms with Gasteiger partial charge in [-0.25, -0.2) is 0 Å². The molecule has 2 rings (SSSR count). The number of nitrogens with one attached hydrogen (secondary N) is 2. The van der Waals surface area contributed by atoms with Gasteiger partial charge in [0.25, 0.3) is 0 Å². The molecule has 1 aliphatic rings. The third-order valence-electron chi connectivity index (χ3n) is 4.24. The van der Waals surface area contributed by atoms with Crippen LogP contribution in [0.5, 0.6) is 0 Å². The number of guanidine groups is 1. The Kier molecular flexibility index (Phi) is 9.39. The number of likely N-dealkylation sites (tertiary alicyclic amines) is 1. The van der Waals surface area contributed by atoms with Crippen molar-refractivity contribution in [3.05, 3.63) is 29.8 Å². The second-order valence-electron chi connectivity index (χ2n) is 6.07. The molecule has 7 nitrogen and oxygen atoms in total. The maximum atomic E-state index is 11.6. The van der Waals surface area contributed by atoms with Crippen molar-refractivity contribution < 1.29 is 14.3 Å². The first kappa shape index (κ1) is 22.2. The van der Waals surface area contributed by atoms with E-state index in [1.165, 1.54) is 14.0 Å². The number of hydrogen-bond donors (Lipinski definition) is 2. The topological polar surface area (TPSA) is 83.0 Å². The van der Waals surface area contributed by atoms with Crippen LogP contribution < -0.4 is 10.6 Å². The Bertz CT molecular complexity index is 643. The molecular weight excluding hydrogens is 447 g/mol. The van der Waals surface area contributed by atoms with Gasteiger partial charge in [0.2, 0.25) is 5.91 Å². The molecule has 0 spiro atoms. The molecule has 1 aromatic rings. The van der Waals surface area contributed by atoms with E-state index in [2.05, 4.69) is 20.5 Å². The number of anilines is 1. The standard InChI is InChI=1S/C18H26N4O3.HI/c1-13(23)21-16-6-4-5-14(11-16)12-20-18(19-2)22-9-7-15(8-10-22)17(24)25-3;/h4-6,11,15H,7-10,12H2,1-3H3,(H,19,20)(H,21,23);1H. The van der Waals surface area contributed by atoms with Crippen molar-refractivity contribution in [3.8, 4) is 0 Å². The van der Waals surface area contributed by atoms with Crippen molar-refractivity contribution in [2.24, 2.45) is 10.9 Å². The number of carbonyl (C=O) groups is 2. The molecule has 0 atom stereocenters. The lowest BCUT2D eigenvalue weighted by molar-refractivity contribution is -0.146. The molecule has 0 radical (unpaired) electrons. The third-order valence-corrected chi connectivity index (χ3v) is 4.24. The first-order valence-electron chi connectivity index (χ1n) is 8.43. The summed E-state index contributed by atoms with van der Waals surface area (Å²) in [5.41, 5.74) is 1.83. The number of nitrogens with zero attached hydrogens (tertiary/aromatic N) is 2. The van der Waals surface area contributed by atoms with Crippen molar-refractivity contribution in [3.63, 3.8) is 0 Å². The molecule has 0 aliphatic carbocycles. The van der Waals surface area contributed by atoms with Gasteiger partial charge >= 0.3 is 5.97 Å². The summed E-state index contributed by atoms with van der Waals surface area (Å²) in [5, 5.41) is 6.12. The Morgan fingerprint density at radius 3 is 2.58 bits per heavy atom. The predicted octanol–water partition coefficient (Wildman–Crippen LogP) is 2.22. The molecule has 144 valence electrons. The summed E-state index contributed by atoms with van der Waals surface area (Å²) in [6, 6.07) is 7.70. The maximum absolute atomic E-state index is 11.6. The van der Waals surface area contributed by atoms with Gasteiger partial charge in [-0.15, -0.1) is 24.0 Å². The highest BCUT2D eigenvalue weighted by Crippen LogP contribution is 2.18. The van der Waals surface area contributed by atoms with Crippen LogP contribution >= 0.6 is 24.0 Å². The molecule has 0 saturated carbocycles. The third kappa shape index (κ3) is 6.47. The van der Waals surface area contributed by atoms with Crippen molar-refractivity contribution in [1.29, 1.82) is 0 Å². The zero-order valence-electron chi connectivity index (χ0n) is 15.4. The van der Waals surface area contributed by atoms with Crippen molar-refractivity contribution in [1.82, 2.24) is 10.2 Å². The lowest BCUT2D eigenvalue weighted by atomic mass is 9.97. The molecular formula is C18H27IN4O3. The van der Waals surface area contributed by atoms with Gasteiger partial charge in [0.1, 0.15) is 0 Å². The molecule has 0 unspecified atom stereocenters. The zero-order chi connectivity index (χ0) is 18.2. The van der Waals surface area contributed by atoms with E-state index in [4.69, 9.17) is 4.74 Å². The van der Waals surface area contributed by atoms with Gasteiger partial charge < -0.3 is 20.3 Å². The van der Waals surface area contributed by atoms with E-state index in [9.17, 15) is 9.59 Å². The minimum absolute atomic E-state index is 0. The summed E-state index contributed by atoms with van der Waals surface area (Å²) < 4.78 is 4.82. The lowest BCUT2D eigenvalue weighted by Gasteiger charge is -2.33. The number of methoxy groups -OCH3 is 1. The normalized spacial score (nSPS) is 15.0. The van der Waals surface area contributed by atoms with E-state index in [1.807, 2.05) is 24.3 Å². The number of ether oxygens (including phenoxy) is 1. The van der Waals surface area contributed by atoms with Crippen LogP contribution in [0, 0.1) is 5.92 Å². The zero-order valence-corrected chi connectivity index (χ0v) is 17.8. The first-order chi connectivity index (χ1) is 12.0. The number of esters is 1. The molecule has 0 aromatic heterocycles. The number of carbonyl (C=O) groups excluding carboxylic acids is 2. The molecule has 1 aromatic carbocycles. The Labute approximate surface area is 171 Å². The van der Waals surface area contributed by atoms with E-state index in [-0.39, 0.29) is 41.8 Å². The summed E-state index contributed by atoms with van der Waals surface area (Å²) in [6.45, 7) is 3.64. The van der Waals surface area contributed by atoms with Crippen LogP contribution in [0.2, 0.25) is 0 Å². The number of amides is 1. The smallest absolute Gasteiger partial charge is 0.308 e. The molecule has 26 heavy (non-hydrogen) atoms. The van der Waals surface area contributed by atoms with Gasteiger partial charge in [0.05, 0.1) is 13.0 Å². The minimum Gasteiger partial charge on any atom is -0.469 e. The average Bonchev–Trinajstić information content (AvgIpc) is 2.62. The fourth-order valence-corrected chi connectivity index (χ4v) is 2.97. The van der Waals surface area contributed by atoms with Crippen LogP contribution in [0.1, 0.15) is 25.3 Å². The van der Waals surface area contributed by atoms with Gasteiger partial charge in [-0.2, -0.15) is 0 Å². The van der Waals surface area contributed by atoms with Gasteiger partial charge in [-0.1, -0.05) is 12.1 Å². The SMILES string of the molecule is CN=C(NCc1cccc(NC(C)=O)c1)N1CCC(C(=O)OC)CC1.I. The molecule has 1 amide bonds. The highest BCUT2D eigenvalue weighted by atomic mass is 127. The average molecular weight is 474 g/mol. The van der Waals surface area contributed by atoms with Crippen LogP contribution in [0.4, 0.5) is 5.69 Å². The number of halogens is 1. The van der Waals surface area contributed by atoms with Crippen molar-refractivity contribution in [2.45, 2.75) is 26.3 Å². The van der Waals surface area contributed by atoms with E-state index in [0.29, 0.717) is 6.54 Å². The number of aliphatic imine (C=N–C) groups is 1. The molecule has 1 aliphatic heterocycles. The van der Waals surface area contributed by atoms with Crippen LogP contribution in [-0.4, -0.2) is 50.0 Å². The van der Waals surface area contributed by atoms with E-state index in [1.54, 1.807) is 7.05 Å². The molecule has 0 bridgehead atoms. The van der Waals surface area contributed by atoms with Crippen molar-refractivity contribution >= 4 is 47.5 Å². The summed E-state index contributed by atoms with van der Waals surface area (Å²) in [4.78, 5) is 29.3. The van der Waals surface area contributed by atoms with E-state index < -0.39 is 0 Å². The second-order valence-corrected chi connectivity index (χ2v) is 6.07. The van der Waals surface area contributed by atoms with Crippen LogP contribution in [0.3, 0.4) is 0 Å². The monoisotopic (exact) mass is 474 g/mol. The van der Waals surface area contributed by atoms with Crippen LogP contribution in [0.15, 0.2) is 29.3 Å². The number of rotatable bonds is 4. The fourth-order valence-electron chi connectivity index (χ4n) is 2.97. The fraction of sp³-hybridized carbons (Fsp3) is 0.500. The van der Waals surface area contributed by atoms with Gasteiger partial charge in [-0.05, 0) is 30.5 Å². The predicted molar refractivity (Wildman–Crippen MR) is 113 cm³/mol. The summed E-state index contributed by atoms with van der Waals surface area (Å²) in [6.07, 6.45) is 1.54. The van der Waals surface area contributed by atoms with E-state index in [0.717, 1.165) is 43.1 Å². The summed E-state index contributed by atoms with van der Waals surface area (Å²) in [7, 11) is 3.19. The van der Waals surface area contributed by atoms with Crippen LogP contribution in [-0.2, 0) is 20.9 Å². The number of benzene rings is 1. The Morgan fingerprint density at radius 1 is 1.31 bits per heavy atom. The van der Waals surface area contributed by atoms with Gasteiger partial charge in [0, 0.05) is 39.3 Å². The molecule has 1 heterocycles. The quantitative estimate of drug-likeness (QED) is 0.303. The van der Waals surface area contributed by atoms with Crippen molar-refractivity contribution in [2.75, 3.05) is 32.6 Å². The number of hydrogen-bond acceptors (Lipinski definition) is 4. The lowest BCUT2D eigenvalue weighted by Crippen LogP contribution is -2.46. The highest BCUT2D eigenvalue weighted by Gasteiger charge is 2.26. The Balaban J connectivity index is 0.00000338. The molecule has 1 saturated heterocycles. The van der Waals surface area contributed by atoms with Gasteiger partial charge in [0.15, 0.2) is 5.96 Å². The Hall–Kier alpha value is -1.84. The second kappa shape index (κ2) is 11.0. The van der Waals surface area contributed by atoms with E-state index >= 15 is 0 Å². The first-order valence-corrected chi connectivity index (χ1v) is 8.43. The minimum atomic E-state index is -0.127. The maximum Gasteiger partial charge on any atom is 0.308 e. The highest BCUT2D eigenvalue weighted by molar-refractivity contribution is 14.0. The molecule has 1 fully saturated rings. The number of piperidine rings is 1. The summed E-state index contributed by atoms with van der Waals surface area (Å²) >= 11 is 0. The molecule has 8 heteroatoms. The summed E-state index contributed by atoms with van der Waals surface area (Å²) in [5.74, 6) is 0.578. The largest absolute Gasteiger partial charge is 0.469 e. The molecule has 2 N–H and O–H groups in total.